The Kier molecular flexibility index (Phi) is 4.50. The Morgan fingerprint density at radius 1 is 1.38 bits per heavy atom. The van der Waals surface area contributed by atoms with E-state index in [0.717, 1.165) is 10.7 Å². The number of aromatic nitrogens is 2. The number of anilines is 1. The lowest BCUT2D eigenvalue weighted by atomic mass is 10.1. The zero-order chi connectivity index (χ0) is 18.2. The Morgan fingerprint density at radius 2 is 2.00 bits per heavy atom. The second-order valence-corrected chi connectivity index (χ2v) is 5.06. The number of rotatable bonds is 4. The van der Waals surface area contributed by atoms with Crippen molar-refractivity contribution in [1.29, 1.82) is 0 Å². The Morgan fingerprint density at radius 3 is 2.42 bits per heavy atom. The number of hydrogen-bond acceptors (Lipinski definition) is 3. The summed E-state index contributed by atoms with van der Waals surface area (Å²) in [4.78, 5) is 11.3. The molecule has 0 saturated carbocycles. The second kappa shape index (κ2) is 6.10. The number of nitrogens with two attached hydrogens (primary N) is 2. The molecule has 0 aliphatic heterocycles. The number of amides is 1. The van der Waals surface area contributed by atoms with E-state index >= 15 is 0 Å². The number of nitrogens with zero attached hydrogens (tertiary/aromatic N) is 2. The first-order valence-electron chi connectivity index (χ1n) is 6.67. The van der Waals surface area contributed by atoms with Gasteiger partial charge in [-0.25, -0.2) is 13.5 Å². The van der Waals surface area contributed by atoms with Crippen LogP contribution in [0.1, 0.15) is 40.1 Å². The number of alkyl halides is 4. The summed E-state index contributed by atoms with van der Waals surface area (Å²) < 4.78 is 65.4. The van der Waals surface area contributed by atoms with Gasteiger partial charge < -0.3 is 11.5 Å². The third-order valence-electron chi connectivity index (χ3n) is 3.54. The molecule has 1 heterocycles. The summed E-state index contributed by atoms with van der Waals surface area (Å²) in [5.74, 6) is -2.70. The van der Waals surface area contributed by atoms with E-state index in [1.807, 2.05) is 0 Å². The first-order chi connectivity index (χ1) is 11.1. The topological polar surface area (TPSA) is 86.9 Å². The van der Waals surface area contributed by atoms with Crippen molar-refractivity contribution in [3.05, 3.63) is 46.4 Å². The first-order valence-corrected chi connectivity index (χ1v) is 6.67. The molecule has 0 aliphatic carbocycles. The lowest BCUT2D eigenvalue weighted by Gasteiger charge is -2.16. The average molecular weight is 348 g/mol. The van der Waals surface area contributed by atoms with Gasteiger partial charge in [-0.05, 0) is 24.6 Å². The molecule has 1 amide bonds. The van der Waals surface area contributed by atoms with Crippen LogP contribution in [0.15, 0.2) is 18.2 Å². The third-order valence-corrected chi connectivity index (χ3v) is 3.54. The summed E-state index contributed by atoms with van der Waals surface area (Å²) in [5, 5.41) is 3.80. The minimum Gasteiger partial charge on any atom is -0.383 e. The smallest absolute Gasteiger partial charge is 0.383 e. The Bertz CT molecular complexity index is 784. The number of nitrogen functional groups attached to an aromatic ring is 1. The highest BCUT2D eigenvalue weighted by Gasteiger charge is 2.34. The van der Waals surface area contributed by atoms with Crippen LogP contribution in [-0.4, -0.2) is 15.7 Å². The monoisotopic (exact) mass is 348 g/mol. The number of benzene rings is 1. The van der Waals surface area contributed by atoms with Crippen LogP contribution in [0.5, 0.6) is 0 Å². The molecule has 10 heteroatoms. The van der Waals surface area contributed by atoms with Gasteiger partial charge in [0.15, 0.2) is 0 Å². The SMILES string of the molecule is CC(c1ccc(C(F)(F)F)c(F)c1)n1nc(CF)c(C(N)=O)c1N. The Balaban J connectivity index is 2.48. The van der Waals surface area contributed by atoms with Gasteiger partial charge in [0.2, 0.25) is 0 Å². The van der Waals surface area contributed by atoms with Crippen LogP contribution in [0.4, 0.5) is 27.8 Å². The van der Waals surface area contributed by atoms with Crippen molar-refractivity contribution in [2.24, 2.45) is 5.73 Å². The molecule has 0 bridgehead atoms. The summed E-state index contributed by atoms with van der Waals surface area (Å²) in [5.41, 5.74) is 8.92. The number of primary amides is 1. The van der Waals surface area contributed by atoms with Crippen LogP contribution in [-0.2, 0) is 12.9 Å². The van der Waals surface area contributed by atoms with Crippen molar-refractivity contribution in [2.75, 3.05) is 5.73 Å². The molecule has 0 saturated heterocycles. The quantitative estimate of drug-likeness (QED) is 0.833. The van der Waals surface area contributed by atoms with Crippen LogP contribution in [0.25, 0.3) is 0 Å². The molecule has 1 unspecified atom stereocenters. The number of carbonyl (C=O) groups is 1. The fourth-order valence-corrected chi connectivity index (χ4v) is 2.32. The molecular weight excluding hydrogens is 335 g/mol. The Hall–Kier alpha value is -2.65. The van der Waals surface area contributed by atoms with Gasteiger partial charge in [0.25, 0.3) is 5.91 Å². The maximum Gasteiger partial charge on any atom is 0.419 e. The molecule has 2 rings (SSSR count). The summed E-state index contributed by atoms with van der Waals surface area (Å²) in [7, 11) is 0. The predicted octanol–water partition coefficient (Wildman–Crippen LogP) is 2.80. The van der Waals surface area contributed by atoms with Crippen molar-refractivity contribution in [3.8, 4) is 0 Å². The largest absolute Gasteiger partial charge is 0.419 e. The fourth-order valence-electron chi connectivity index (χ4n) is 2.32. The molecule has 1 aromatic heterocycles. The second-order valence-electron chi connectivity index (χ2n) is 5.06. The van der Waals surface area contributed by atoms with E-state index < -0.39 is 36.2 Å². The summed E-state index contributed by atoms with van der Waals surface area (Å²) in [6, 6.07) is 1.48. The van der Waals surface area contributed by atoms with Gasteiger partial charge in [0.05, 0.1) is 11.6 Å². The predicted molar refractivity (Wildman–Crippen MR) is 75.2 cm³/mol. The molecule has 24 heavy (non-hydrogen) atoms. The average Bonchev–Trinajstić information content (AvgIpc) is 2.81. The van der Waals surface area contributed by atoms with Gasteiger partial charge in [-0.2, -0.15) is 18.3 Å². The zero-order valence-corrected chi connectivity index (χ0v) is 12.4. The van der Waals surface area contributed by atoms with Gasteiger partial charge in [-0.3, -0.25) is 4.79 Å². The number of carbonyl (C=O) groups excluding carboxylic acids is 1. The van der Waals surface area contributed by atoms with Crippen LogP contribution in [0.3, 0.4) is 0 Å². The van der Waals surface area contributed by atoms with E-state index in [1.165, 1.54) is 6.92 Å². The van der Waals surface area contributed by atoms with Gasteiger partial charge in [-0.1, -0.05) is 6.07 Å². The van der Waals surface area contributed by atoms with Crippen molar-refractivity contribution in [3.63, 3.8) is 0 Å². The highest BCUT2D eigenvalue weighted by molar-refractivity contribution is 5.98. The molecule has 0 fully saturated rings. The summed E-state index contributed by atoms with van der Waals surface area (Å²) in [6.45, 7) is 0.349. The fraction of sp³-hybridized carbons (Fsp3) is 0.286. The van der Waals surface area contributed by atoms with Crippen molar-refractivity contribution in [1.82, 2.24) is 9.78 Å². The van der Waals surface area contributed by atoms with E-state index in [4.69, 9.17) is 11.5 Å². The van der Waals surface area contributed by atoms with E-state index in [2.05, 4.69) is 5.10 Å². The minimum absolute atomic E-state index is 0.108. The van der Waals surface area contributed by atoms with Crippen molar-refractivity contribution in [2.45, 2.75) is 25.8 Å². The molecule has 0 radical (unpaired) electrons. The molecule has 130 valence electrons. The normalized spacial score (nSPS) is 13.1. The van der Waals surface area contributed by atoms with Crippen LogP contribution in [0.2, 0.25) is 0 Å². The Labute approximate surface area is 133 Å². The zero-order valence-electron chi connectivity index (χ0n) is 12.4. The molecule has 1 atom stereocenters. The molecule has 2 aromatic rings. The van der Waals surface area contributed by atoms with Gasteiger partial charge in [-0.15, -0.1) is 0 Å². The standard InChI is InChI=1S/C14H13F5N4O/c1-6(7-2-3-8(9(16)4-7)14(17,18)19)23-12(20)11(13(21)24)10(5-15)22-23/h2-4,6H,5,20H2,1H3,(H2,21,24). The van der Waals surface area contributed by atoms with E-state index in [1.54, 1.807) is 0 Å². The van der Waals surface area contributed by atoms with Crippen LogP contribution < -0.4 is 11.5 Å². The highest BCUT2D eigenvalue weighted by Crippen LogP contribution is 2.33. The van der Waals surface area contributed by atoms with Gasteiger partial charge in [0, 0.05) is 0 Å². The van der Waals surface area contributed by atoms with E-state index in [9.17, 15) is 26.7 Å². The van der Waals surface area contributed by atoms with Crippen LogP contribution >= 0.6 is 0 Å². The molecule has 5 nitrogen and oxygen atoms in total. The molecule has 4 N–H and O–H groups in total. The van der Waals surface area contributed by atoms with Crippen molar-refractivity contribution < 1.29 is 26.7 Å². The van der Waals surface area contributed by atoms with E-state index in [-0.39, 0.29) is 22.6 Å². The maximum absolute atomic E-state index is 13.7. The van der Waals surface area contributed by atoms with Gasteiger partial charge in [0.1, 0.15) is 29.6 Å². The molecule has 0 aliphatic rings. The lowest BCUT2D eigenvalue weighted by Crippen LogP contribution is -2.17. The first kappa shape index (κ1) is 17.7. The maximum atomic E-state index is 13.7. The third kappa shape index (κ3) is 3.03. The minimum atomic E-state index is -4.82. The summed E-state index contributed by atoms with van der Waals surface area (Å²) in [6.07, 6.45) is -4.82. The van der Waals surface area contributed by atoms with E-state index in [0.29, 0.717) is 12.1 Å². The molecule has 0 spiro atoms. The molecular formula is C14H13F5N4O. The van der Waals surface area contributed by atoms with Gasteiger partial charge >= 0.3 is 6.18 Å². The number of hydrogen-bond donors (Lipinski definition) is 2. The highest BCUT2D eigenvalue weighted by atomic mass is 19.4. The number of halogens is 5. The summed E-state index contributed by atoms with van der Waals surface area (Å²) >= 11 is 0. The lowest BCUT2D eigenvalue weighted by molar-refractivity contribution is -0.140. The van der Waals surface area contributed by atoms with Crippen molar-refractivity contribution >= 4 is 11.7 Å². The van der Waals surface area contributed by atoms with Crippen LogP contribution in [0, 0.1) is 5.82 Å². The molecule has 1 aromatic carbocycles.